The lowest BCUT2D eigenvalue weighted by molar-refractivity contribution is 0.415. The molecule has 0 spiro atoms. The fourth-order valence-corrected chi connectivity index (χ4v) is 7.22. The molecule has 4 aromatic carbocycles. The first kappa shape index (κ1) is 31.3. The van der Waals surface area contributed by atoms with Crippen LogP contribution in [0.4, 0.5) is 0 Å². The maximum Gasteiger partial charge on any atom is 0.118 e. The van der Waals surface area contributed by atoms with Gasteiger partial charge >= 0.3 is 0 Å². The molecule has 0 saturated carbocycles. The molecule has 0 saturated heterocycles. The smallest absolute Gasteiger partial charge is 0.118 e. The van der Waals surface area contributed by atoms with Crippen LogP contribution < -0.4 is 4.74 Å². The van der Waals surface area contributed by atoms with Gasteiger partial charge in [0, 0.05) is 44.3 Å². The summed E-state index contributed by atoms with van der Waals surface area (Å²) in [5.74, 6) is 0.798. The Labute approximate surface area is 302 Å². The van der Waals surface area contributed by atoms with Crippen LogP contribution in [0.1, 0.15) is 33.9 Å². The number of nitrogens with zero attached hydrogens (tertiary/aromatic N) is 2. The van der Waals surface area contributed by atoms with Crippen molar-refractivity contribution in [3.63, 3.8) is 0 Å². The third kappa shape index (κ3) is 5.62. The molecule has 2 aliphatic heterocycles. The van der Waals surface area contributed by atoms with Crippen LogP contribution >= 0.6 is 0 Å². The number of hydrogen-bond donors (Lipinski definition) is 2. The monoisotopic (exact) mass is 672 g/mol. The van der Waals surface area contributed by atoms with E-state index in [2.05, 4.69) is 163 Å². The molecule has 2 aliphatic rings. The van der Waals surface area contributed by atoms with E-state index in [4.69, 9.17) is 14.7 Å². The molecule has 52 heavy (non-hydrogen) atoms. The molecule has 5 nitrogen and oxygen atoms in total. The lowest BCUT2D eigenvalue weighted by Gasteiger charge is -2.08. The van der Waals surface area contributed by atoms with Crippen LogP contribution in [-0.4, -0.2) is 27.0 Å². The van der Waals surface area contributed by atoms with Crippen LogP contribution in [0.15, 0.2) is 127 Å². The number of hydrogen-bond acceptors (Lipinski definition) is 3. The van der Waals surface area contributed by atoms with Gasteiger partial charge in [-0.05, 0) is 96.8 Å². The topological polar surface area (TPSA) is 66.6 Å². The number of nitrogens with one attached hydrogen (secondary N) is 2. The van der Waals surface area contributed by atoms with E-state index in [0.29, 0.717) is 0 Å². The highest BCUT2D eigenvalue weighted by Gasteiger charge is 2.19. The number of aromatic amines is 2. The fourth-order valence-electron chi connectivity index (χ4n) is 7.22. The van der Waals surface area contributed by atoms with E-state index >= 15 is 0 Å². The van der Waals surface area contributed by atoms with Gasteiger partial charge in [0.05, 0.1) is 29.9 Å². The minimum absolute atomic E-state index is 0.798. The van der Waals surface area contributed by atoms with Gasteiger partial charge in [-0.3, -0.25) is 0 Å². The van der Waals surface area contributed by atoms with Crippen molar-refractivity contribution in [1.82, 2.24) is 19.9 Å². The standard InChI is InChI=1S/C47H36N4O/c1-29-9-13-32(14-10-29)45-38-23-21-36(48-38)44(31-7-5-4-6-8-31)37-22-24-39(49-37)46(33-15-11-30(2)12-16-33)41-26-28-43(51-41)47(42-27-25-40(45)50-42)34-17-19-35(52-3)20-18-34/h4-28,48-49H,1-3H3. The normalized spacial score (nSPS) is 12.0. The predicted octanol–water partition coefficient (Wildman–Crippen LogP) is 11.9. The van der Waals surface area contributed by atoms with E-state index in [1.54, 1.807) is 7.11 Å². The lowest BCUT2D eigenvalue weighted by Crippen LogP contribution is -1.91. The molecule has 9 rings (SSSR count). The quantitative estimate of drug-likeness (QED) is 0.191. The van der Waals surface area contributed by atoms with Crippen molar-refractivity contribution in [3.8, 4) is 50.3 Å². The van der Waals surface area contributed by atoms with Crippen LogP contribution in [0.2, 0.25) is 0 Å². The van der Waals surface area contributed by atoms with Crippen LogP contribution in [0.3, 0.4) is 0 Å². The highest BCUT2D eigenvalue weighted by molar-refractivity contribution is 6.00. The molecule has 7 aromatic rings. The van der Waals surface area contributed by atoms with Gasteiger partial charge in [0.25, 0.3) is 0 Å². The summed E-state index contributed by atoms with van der Waals surface area (Å²) in [7, 11) is 1.69. The number of H-pyrrole nitrogens is 2. The van der Waals surface area contributed by atoms with Gasteiger partial charge in [-0.1, -0.05) is 102 Å². The molecular weight excluding hydrogens is 637 g/mol. The summed E-state index contributed by atoms with van der Waals surface area (Å²) >= 11 is 0. The Morgan fingerprint density at radius 3 is 1.19 bits per heavy atom. The van der Waals surface area contributed by atoms with Crippen LogP contribution in [0.25, 0.3) is 90.9 Å². The van der Waals surface area contributed by atoms with E-state index in [1.807, 2.05) is 12.1 Å². The van der Waals surface area contributed by atoms with E-state index in [9.17, 15) is 0 Å². The number of methoxy groups -OCH3 is 1. The van der Waals surface area contributed by atoms with E-state index in [1.165, 1.54) is 11.1 Å². The third-order valence-electron chi connectivity index (χ3n) is 9.88. The first-order chi connectivity index (χ1) is 25.5. The maximum absolute atomic E-state index is 5.52. The van der Waals surface area contributed by atoms with Crippen LogP contribution in [0.5, 0.6) is 5.75 Å². The van der Waals surface area contributed by atoms with E-state index < -0.39 is 0 Å². The zero-order valence-electron chi connectivity index (χ0n) is 29.2. The second-order valence-corrected chi connectivity index (χ2v) is 13.3. The highest BCUT2D eigenvalue weighted by Crippen LogP contribution is 2.38. The minimum Gasteiger partial charge on any atom is -0.497 e. The predicted molar refractivity (Wildman–Crippen MR) is 217 cm³/mol. The summed E-state index contributed by atoms with van der Waals surface area (Å²) in [6.45, 7) is 4.23. The van der Waals surface area contributed by atoms with Gasteiger partial charge in [0.15, 0.2) is 0 Å². The Balaban J connectivity index is 1.46. The molecule has 0 amide bonds. The Kier molecular flexibility index (Phi) is 7.74. The van der Waals surface area contributed by atoms with Gasteiger partial charge in [-0.2, -0.15) is 0 Å². The number of benzene rings is 4. The van der Waals surface area contributed by atoms with Crippen molar-refractivity contribution in [1.29, 1.82) is 0 Å². The van der Waals surface area contributed by atoms with Gasteiger partial charge in [0.1, 0.15) is 5.75 Å². The minimum atomic E-state index is 0.798. The summed E-state index contributed by atoms with van der Waals surface area (Å²) in [5, 5.41) is 0. The first-order valence-electron chi connectivity index (χ1n) is 17.5. The van der Waals surface area contributed by atoms with Crippen molar-refractivity contribution in [2.24, 2.45) is 0 Å². The number of ether oxygens (including phenoxy) is 1. The van der Waals surface area contributed by atoms with Crippen molar-refractivity contribution in [2.45, 2.75) is 13.8 Å². The average Bonchev–Trinajstić information content (AvgIpc) is 4.02. The summed E-state index contributed by atoms with van der Waals surface area (Å²) < 4.78 is 5.52. The highest BCUT2D eigenvalue weighted by atomic mass is 16.5. The Morgan fingerprint density at radius 2 is 0.750 bits per heavy atom. The van der Waals surface area contributed by atoms with Crippen molar-refractivity contribution in [2.75, 3.05) is 7.11 Å². The Hall–Kier alpha value is -6.72. The molecule has 2 N–H and O–H groups in total. The number of aryl methyl sites for hydroxylation is 2. The number of aromatic nitrogens is 4. The molecule has 0 fully saturated rings. The van der Waals surface area contributed by atoms with Gasteiger partial charge in [-0.15, -0.1) is 0 Å². The second-order valence-electron chi connectivity index (χ2n) is 13.3. The SMILES string of the molecule is COc1ccc(-c2c3nc(c(-c4ccc(C)cc4)c4ccc([nH]4)c(-c4ccccc4)c4ccc([nH]4)c(-c4ccc(C)cc4)c4nc2C=C4)C=C3)cc1. The summed E-state index contributed by atoms with van der Waals surface area (Å²) in [6.07, 6.45) is 8.47. The second kappa shape index (κ2) is 12.9. The molecule has 5 heteroatoms. The van der Waals surface area contributed by atoms with Gasteiger partial charge in [-0.25, -0.2) is 9.97 Å². The van der Waals surface area contributed by atoms with E-state index in [0.717, 1.165) is 95.1 Å². The maximum atomic E-state index is 5.52. The molecule has 3 aromatic heterocycles. The summed E-state index contributed by atoms with van der Waals surface area (Å²) in [4.78, 5) is 18.4. The first-order valence-corrected chi connectivity index (χ1v) is 17.5. The molecule has 0 atom stereocenters. The van der Waals surface area contributed by atoms with Crippen LogP contribution in [0, 0.1) is 13.8 Å². The lowest BCUT2D eigenvalue weighted by atomic mass is 10.0. The number of fused-ring (bicyclic) bond motifs is 8. The van der Waals surface area contributed by atoms with Crippen molar-refractivity contribution in [3.05, 3.63) is 161 Å². The van der Waals surface area contributed by atoms with Gasteiger partial charge < -0.3 is 14.7 Å². The largest absolute Gasteiger partial charge is 0.497 e. The van der Waals surface area contributed by atoms with Crippen molar-refractivity contribution < 1.29 is 4.74 Å². The Morgan fingerprint density at radius 1 is 0.385 bits per heavy atom. The van der Waals surface area contributed by atoms with Crippen LogP contribution in [-0.2, 0) is 0 Å². The van der Waals surface area contributed by atoms with E-state index in [-0.39, 0.29) is 0 Å². The summed E-state index contributed by atoms with van der Waals surface area (Å²) in [5.41, 5.74) is 18.3. The number of rotatable bonds is 5. The molecular formula is C47H36N4O. The Bertz CT molecular complexity index is 2550. The molecule has 5 heterocycles. The van der Waals surface area contributed by atoms with Crippen molar-refractivity contribution >= 4 is 46.4 Å². The molecule has 0 aliphatic carbocycles. The summed E-state index contributed by atoms with van der Waals surface area (Å²) in [6, 6.07) is 44.8. The van der Waals surface area contributed by atoms with Gasteiger partial charge in [0.2, 0.25) is 0 Å². The molecule has 0 unspecified atom stereocenters. The zero-order valence-corrected chi connectivity index (χ0v) is 29.2. The molecule has 8 bridgehead atoms. The molecule has 250 valence electrons. The third-order valence-corrected chi connectivity index (χ3v) is 9.88. The fraction of sp³-hybridized carbons (Fsp3) is 0.0638. The average molecular weight is 673 g/mol. The molecule has 0 radical (unpaired) electrons. The zero-order chi connectivity index (χ0) is 35.2.